The summed E-state index contributed by atoms with van der Waals surface area (Å²) in [6, 6.07) is 0. The monoisotopic (exact) mass is 209 g/mol. The molecule has 1 aliphatic carbocycles. The molecule has 1 saturated heterocycles. The molecule has 1 heteroatoms. The Morgan fingerprint density at radius 3 is 1.87 bits per heavy atom. The zero-order valence-corrected chi connectivity index (χ0v) is 9.97. The first kappa shape index (κ1) is 11.4. The van der Waals surface area contributed by atoms with Crippen molar-refractivity contribution < 1.29 is 4.74 Å². The summed E-state index contributed by atoms with van der Waals surface area (Å²) in [5.41, 5.74) is 0. The SMILES string of the molecule is C1CCCC[C](C2CCCO2)CCCC1. The minimum absolute atomic E-state index is 0.546. The molecule has 2 fully saturated rings. The van der Waals surface area contributed by atoms with Crippen molar-refractivity contribution >= 4 is 0 Å². The highest BCUT2D eigenvalue weighted by atomic mass is 16.5. The first-order chi connectivity index (χ1) is 7.47. The van der Waals surface area contributed by atoms with Gasteiger partial charge in [-0.1, -0.05) is 44.9 Å². The molecular weight excluding hydrogens is 184 g/mol. The van der Waals surface area contributed by atoms with E-state index in [1.54, 1.807) is 5.92 Å². The summed E-state index contributed by atoms with van der Waals surface area (Å²) in [4.78, 5) is 0. The fourth-order valence-electron chi connectivity index (χ4n) is 2.93. The maximum absolute atomic E-state index is 5.82. The highest BCUT2D eigenvalue weighted by molar-refractivity contribution is 4.99. The van der Waals surface area contributed by atoms with Crippen LogP contribution in [0, 0.1) is 5.92 Å². The quantitative estimate of drug-likeness (QED) is 0.627. The van der Waals surface area contributed by atoms with Gasteiger partial charge >= 0.3 is 0 Å². The highest BCUT2D eigenvalue weighted by Crippen LogP contribution is 2.31. The van der Waals surface area contributed by atoms with E-state index >= 15 is 0 Å². The Labute approximate surface area is 94.6 Å². The fourth-order valence-corrected chi connectivity index (χ4v) is 2.93. The average molecular weight is 209 g/mol. The Morgan fingerprint density at radius 1 is 0.733 bits per heavy atom. The smallest absolute Gasteiger partial charge is 0.0638 e. The van der Waals surface area contributed by atoms with Crippen LogP contribution in [0.5, 0.6) is 0 Å². The van der Waals surface area contributed by atoms with Gasteiger partial charge in [-0.15, -0.1) is 0 Å². The van der Waals surface area contributed by atoms with Gasteiger partial charge in [0.25, 0.3) is 0 Å². The molecule has 0 N–H and O–H groups in total. The molecule has 1 heterocycles. The third kappa shape index (κ3) is 3.79. The van der Waals surface area contributed by atoms with Crippen LogP contribution in [-0.4, -0.2) is 12.7 Å². The molecule has 2 aliphatic rings. The number of hydrogen-bond donors (Lipinski definition) is 0. The van der Waals surface area contributed by atoms with Crippen LogP contribution in [0.4, 0.5) is 0 Å². The van der Waals surface area contributed by atoms with Crippen molar-refractivity contribution in [3.8, 4) is 0 Å². The topological polar surface area (TPSA) is 9.23 Å². The molecule has 1 saturated carbocycles. The zero-order valence-electron chi connectivity index (χ0n) is 9.97. The molecule has 1 atom stereocenters. The average Bonchev–Trinajstić information content (AvgIpc) is 2.79. The summed E-state index contributed by atoms with van der Waals surface area (Å²) >= 11 is 0. The lowest BCUT2D eigenvalue weighted by atomic mass is 9.87. The summed E-state index contributed by atoms with van der Waals surface area (Å²) < 4.78 is 5.82. The van der Waals surface area contributed by atoms with Gasteiger partial charge in [0.1, 0.15) is 0 Å². The molecule has 0 aromatic rings. The number of ether oxygens (including phenoxy) is 1. The lowest BCUT2D eigenvalue weighted by Gasteiger charge is -2.23. The van der Waals surface area contributed by atoms with E-state index in [1.165, 1.54) is 70.6 Å². The molecule has 1 radical (unpaired) electrons. The van der Waals surface area contributed by atoms with E-state index in [9.17, 15) is 0 Å². The van der Waals surface area contributed by atoms with Gasteiger partial charge < -0.3 is 4.74 Å². The number of rotatable bonds is 1. The van der Waals surface area contributed by atoms with Crippen molar-refractivity contribution in [2.45, 2.75) is 76.7 Å². The van der Waals surface area contributed by atoms with Crippen LogP contribution in [0.15, 0.2) is 0 Å². The second-order valence-electron chi connectivity index (χ2n) is 5.13. The predicted octanol–water partition coefficient (Wildman–Crippen LogP) is 4.26. The van der Waals surface area contributed by atoms with Gasteiger partial charge in [0, 0.05) is 12.5 Å². The van der Waals surface area contributed by atoms with Gasteiger partial charge in [-0.25, -0.2) is 0 Å². The van der Waals surface area contributed by atoms with Crippen molar-refractivity contribution in [1.29, 1.82) is 0 Å². The second kappa shape index (κ2) is 6.52. The van der Waals surface area contributed by atoms with E-state index < -0.39 is 0 Å². The summed E-state index contributed by atoms with van der Waals surface area (Å²) in [7, 11) is 0. The van der Waals surface area contributed by atoms with Gasteiger partial charge in [0.15, 0.2) is 0 Å². The van der Waals surface area contributed by atoms with Crippen molar-refractivity contribution in [2.75, 3.05) is 6.61 Å². The van der Waals surface area contributed by atoms with Crippen LogP contribution in [0.1, 0.15) is 70.6 Å². The lowest BCUT2D eigenvalue weighted by molar-refractivity contribution is 0.112. The molecule has 15 heavy (non-hydrogen) atoms. The third-order valence-electron chi connectivity index (χ3n) is 3.88. The first-order valence-corrected chi connectivity index (χ1v) is 6.93. The standard InChI is InChI=1S/C14H25O/c1-2-4-6-9-13(10-7-5-3-1)14-11-8-12-15-14/h14H,1-12H2. The molecule has 2 rings (SSSR count). The van der Waals surface area contributed by atoms with Crippen molar-refractivity contribution in [3.05, 3.63) is 5.92 Å². The minimum Gasteiger partial charge on any atom is -0.378 e. The normalized spacial score (nSPS) is 31.6. The Morgan fingerprint density at radius 2 is 1.33 bits per heavy atom. The van der Waals surface area contributed by atoms with Gasteiger partial charge in [-0.3, -0.25) is 0 Å². The maximum Gasteiger partial charge on any atom is 0.0638 e. The third-order valence-corrected chi connectivity index (χ3v) is 3.88. The zero-order chi connectivity index (χ0) is 10.3. The van der Waals surface area contributed by atoms with E-state index in [1.807, 2.05) is 0 Å². The van der Waals surface area contributed by atoms with Gasteiger partial charge in [0.05, 0.1) is 6.10 Å². The fraction of sp³-hybridized carbons (Fsp3) is 0.929. The molecular formula is C14H25O. The van der Waals surface area contributed by atoms with Gasteiger partial charge in [-0.05, 0) is 25.7 Å². The van der Waals surface area contributed by atoms with Crippen LogP contribution < -0.4 is 0 Å². The van der Waals surface area contributed by atoms with E-state index in [0.29, 0.717) is 6.10 Å². The van der Waals surface area contributed by atoms with E-state index in [4.69, 9.17) is 4.74 Å². The van der Waals surface area contributed by atoms with Crippen LogP contribution in [-0.2, 0) is 4.74 Å². The Kier molecular flexibility index (Phi) is 4.98. The summed E-state index contributed by atoms with van der Waals surface area (Å²) in [6.07, 6.45) is 15.9. The minimum atomic E-state index is 0.546. The molecule has 1 nitrogen and oxygen atoms in total. The second-order valence-corrected chi connectivity index (χ2v) is 5.13. The predicted molar refractivity (Wildman–Crippen MR) is 63.8 cm³/mol. The van der Waals surface area contributed by atoms with Gasteiger partial charge in [-0.2, -0.15) is 0 Å². The van der Waals surface area contributed by atoms with Crippen LogP contribution in [0.25, 0.3) is 0 Å². The summed E-state index contributed by atoms with van der Waals surface area (Å²) in [5, 5.41) is 0. The van der Waals surface area contributed by atoms with Crippen molar-refractivity contribution in [3.63, 3.8) is 0 Å². The molecule has 1 unspecified atom stereocenters. The van der Waals surface area contributed by atoms with Gasteiger partial charge in [0.2, 0.25) is 0 Å². The van der Waals surface area contributed by atoms with Crippen LogP contribution in [0.2, 0.25) is 0 Å². The molecule has 0 bridgehead atoms. The van der Waals surface area contributed by atoms with Crippen LogP contribution in [0.3, 0.4) is 0 Å². The summed E-state index contributed by atoms with van der Waals surface area (Å²) in [5.74, 6) is 1.74. The molecule has 87 valence electrons. The number of hydrogen-bond acceptors (Lipinski definition) is 1. The molecule has 0 aromatic carbocycles. The van der Waals surface area contributed by atoms with E-state index in [-0.39, 0.29) is 0 Å². The van der Waals surface area contributed by atoms with E-state index in [2.05, 4.69) is 0 Å². The summed E-state index contributed by atoms with van der Waals surface area (Å²) in [6.45, 7) is 1.01. The van der Waals surface area contributed by atoms with Crippen molar-refractivity contribution in [2.24, 2.45) is 0 Å². The Balaban J connectivity index is 1.78. The largest absolute Gasteiger partial charge is 0.378 e. The van der Waals surface area contributed by atoms with Crippen LogP contribution >= 0.6 is 0 Å². The molecule has 0 aromatic heterocycles. The Bertz CT molecular complexity index is 151. The molecule has 1 aliphatic heterocycles. The Hall–Kier alpha value is -0.0400. The van der Waals surface area contributed by atoms with E-state index in [0.717, 1.165) is 6.61 Å². The first-order valence-electron chi connectivity index (χ1n) is 6.93. The maximum atomic E-state index is 5.82. The molecule has 0 spiro atoms. The molecule has 0 amide bonds. The lowest BCUT2D eigenvalue weighted by Crippen LogP contribution is -2.18. The highest BCUT2D eigenvalue weighted by Gasteiger charge is 2.25. The van der Waals surface area contributed by atoms with Crippen molar-refractivity contribution in [1.82, 2.24) is 0 Å².